The van der Waals surface area contributed by atoms with Gasteiger partial charge in [-0.15, -0.1) is 0 Å². The van der Waals surface area contributed by atoms with E-state index in [4.69, 9.17) is 0 Å². The molecule has 4 heteroatoms. The zero-order valence-corrected chi connectivity index (χ0v) is 11.8. The third-order valence-corrected chi connectivity index (χ3v) is 3.87. The van der Waals surface area contributed by atoms with Gasteiger partial charge in [-0.3, -0.25) is 0 Å². The average molecular weight is 304 g/mol. The maximum absolute atomic E-state index is 4.39. The third-order valence-electron chi connectivity index (χ3n) is 3.46. The van der Waals surface area contributed by atoms with Gasteiger partial charge in [-0.1, -0.05) is 24.3 Å². The lowest BCUT2D eigenvalue weighted by Gasteiger charge is -2.35. The van der Waals surface area contributed by atoms with E-state index in [1.54, 1.807) is 12.4 Å². The molecule has 0 saturated heterocycles. The summed E-state index contributed by atoms with van der Waals surface area (Å²) in [6, 6.07) is 8.95. The van der Waals surface area contributed by atoms with Crippen LogP contribution in [-0.4, -0.2) is 16.5 Å². The van der Waals surface area contributed by atoms with Gasteiger partial charge in [-0.05, 0) is 40.4 Å². The smallest absolute Gasteiger partial charge is 0.225 e. The molecule has 2 heterocycles. The van der Waals surface area contributed by atoms with Crippen LogP contribution in [0.5, 0.6) is 0 Å². The fourth-order valence-corrected chi connectivity index (χ4v) is 2.70. The Bertz CT molecular complexity index is 553. The minimum Gasteiger partial charge on any atom is -0.334 e. The molecule has 92 valence electrons. The first kappa shape index (κ1) is 11.7. The van der Waals surface area contributed by atoms with E-state index in [2.05, 4.69) is 62.0 Å². The molecule has 2 aromatic rings. The van der Waals surface area contributed by atoms with Crippen LogP contribution in [0.4, 0.5) is 5.95 Å². The summed E-state index contributed by atoms with van der Waals surface area (Å²) in [5, 5.41) is 0. The number of hydrogen-bond acceptors (Lipinski definition) is 3. The number of halogens is 1. The van der Waals surface area contributed by atoms with E-state index in [1.165, 1.54) is 11.1 Å². The number of benzene rings is 1. The molecule has 3 rings (SSSR count). The topological polar surface area (TPSA) is 29.0 Å². The molecule has 0 amide bonds. The molecule has 3 nitrogen and oxygen atoms in total. The summed E-state index contributed by atoms with van der Waals surface area (Å²) >= 11 is 3.37. The maximum atomic E-state index is 4.39. The van der Waals surface area contributed by atoms with Crippen LogP contribution in [0.1, 0.15) is 24.1 Å². The lowest BCUT2D eigenvalue weighted by molar-refractivity contribution is 0.608. The molecule has 0 saturated carbocycles. The molecule has 0 aliphatic carbocycles. The van der Waals surface area contributed by atoms with Crippen LogP contribution < -0.4 is 4.90 Å². The van der Waals surface area contributed by atoms with Crippen LogP contribution in [0.3, 0.4) is 0 Å². The summed E-state index contributed by atoms with van der Waals surface area (Å²) in [6.07, 6.45) is 4.66. The summed E-state index contributed by atoms with van der Waals surface area (Å²) in [4.78, 5) is 11.0. The Morgan fingerprint density at radius 3 is 2.72 bits per heavy atom. The standard InChI is InChI=1S/C14H14BrN3/c1-10-13-5-3-2-4-11(13)6-7-18(10)14-16-8-12(15)9-17-14/h2-5,8-10H,6-7H2,1H3. The highest BCUT2D eigenvalue weighted by Gasteiger charge is 2.24. The predicted molar refractivity (Wildman–Crippen MR) is 75.6 cm³/mol. The number of hydrogen-bond donors (Lipinski definition) is 0. The van der Waals surface area contributed by atoms with E-state index in [0.29, 0.717) is 6.04 Å². The summed E-state index contributed by atoms with van der Waals surface area (Å²) in [5.41, 5.74) is 2.83. The van der Waals surface area contributed by atoms with E-state index in [0.717, 1.165) is 23.4 Å². The highest BCUT2D eigenvalue weighted by Crippen LogP contribution is 2.31. The third kappa shape index (κ3) is 2.01. The second-order valence-corrected chi connectivity index (χ2v) is 5.44. The van der Waals surface area contributed by atoms with E-state index >= 15 is 0 Å². The molecule has 0 spiro atoms. The minimum absolute atomic E-state index is 0.330. The van der Waals surface area contributed by atoms with Crippen molar-refractivity contribution in [2.75, 3.05) is 11.4 Å². The Hall–Kier alpha value is -1.42. The van der Waals surface area contributed by atoms with E-state index in [-0.39, 0.29) is 0 Å². The zero-order valence-electron chi connectivity index (χ0n) is 10.2. The molecule has 1 aliphatic rings. The maximum Gasteiger partial charge on any atom is 0.225 e. The van der Waals surface area contributed by atoms with Crippen molar-refractivity contribution in [1.29, 1.82) is 0 Å². The van der Waals surface area contributed by atoms with Gasteiger partial charge in [-0.2, -0.15) is 0 Å². The lowest BCUT2D eigenvalue weighted by Crippen LogP contribution is -2.35. The second kappa shape index (κ2) is 4.69. The van der Waals surface area contributed by atoms with Gasteiger partial charge >= 0.3 is 0 Å². The van der Waals surface area contributed by atoms with Gasteiger partial charge < -0.3 is 4.90 Å². The van der Waals surface area contributed by atoms with Crippen LogP contribution in [0, 0.1) is 0 Å². The molecule has 1 atom stereocenters. The monoisotopic (exact) mass is 303 g/mol. The summed E-state index contributed by atoms with van der Waals surface area (Å²) in [6.45, 7) is 3.18. The van der Waals surface area contributed by atoms with Crippen LogP contribution >= 0.6 is 15.9 Å². The summed E-state index contributed by atoms with van der Waals surface area (Å²) in [5.74, 6) is 0.806. The number of aromatic nitrogens is 2. The van der Waals surface area contributed by atoms with Crippen molar-refractivity contribution >= 4 is 21.9 Å². The first-order valence-electron chi connectivity index (χ1n) is 6.07. The van der Waals surface area contributed by atoms with Gasteiger partial charge in [0, 0.05) is 18.9 Å². The van der Waals surface area contributed by atoms with Crippen molar-refractivity contribution in [2.24, 2.45) is 0 Å². The van der Waals surface area contributed by atoms with Gasteiger partial charge in [-0.25, -0.2) is 9.97 Å². The van der Waals surface area contributed by atoms with E-state index < -0.39 is 0 Å². The molecule has 1 aromatic heterocycles. The zero-order chi connectivity index (χ0) is 12.5. The Balaban J connectivity index is 1.95. The van der Waals surface area contributed by atoms with E-state index in [1.807, 2.05) is 0 Å². The van der Waals surface area contributed by atoms with Crippen molar-refractivity contribution in [1.82, 2.24) is 9.97 Å². The van der Waals surface area contributed by atoms with Gasteiger partial charge in [0.05, 0.1) is 10.5 Å². The number of fused-ring (bicyclic) bond motifs is 1. The molecule has 0 N–H and O–H groups in total. The Kier molecular flexibility index (Phi) is 3.04. The average Bonchev–Trinajstić information content (AvgIpc) is 2.41. The van der Waals surface area contributed by atoms with Crippen molar-refractivity contribution in [3.63, 3.8) is 0 Å². The Morgan fingerprint density at radius 2 is 1.94 bits per heavy atom. The second-order valence-electron chi connectivity index (χ2n) is 4.52. The van der Waals surface area contributed by atoms with Crippen LogP contribution in [-0.2, 0) is 6.42 Å². The minimum atomic E-state index is 0.330. The molecular formula is C14H14BrN3. The van der Waals surface area contributed by atoms with Crippen molar-refractivity contribution in [3.05, 3.63) is 52.3 Å². The number of anilines is 1. The van der Waals surface area contributed by atoms with E-state index in [9.17, 15) is 0 Å². The largest absolute Gasteiger partial charge is 0.334 e. The highest BCUT2D eigenvalue weighted by molar-refractivity contribution is 9.10. The van der Waals surface area contributed by atoms with Crippen LogP contribution in [0.2, 0.25) is 0 Å². The van der Waals surface area contributed by atoms with Crippen molar-refractivity contribution in [3.8, 4) is 0 Å². The molecule has 0 radical (unpaired) electrons. The quantitative estimate of drug-likeness (QED) is 0.809. The summed E-state index contributed by atoms with van der Waals surface area (Å²) in [7, 11) is 0. The predicted octanol–water partition coefficient (Wildman–Crippen LogP) is 3.36. The summed E-state index contributed by atoms with van der Waals surface area (Å²) < 4.78 is 0.913. The first-order chi connectivity index (χ1) is 8.75. The van der Waals surface area contributed by atoms with Gasteiger partial charge in [0.25, 0.3) is 0 Å². The number of rotatable bonds is 1. The van der Waals surface area contributed by atoms with Gasteiger partial charge in [0.2, 0.25) is 5.95 Å². The molecular weight excluding hydrogens is 290 g/mol. The fraction of sp³-hybridized carbons (Fsp3) is 0.286. The van der Waals surface area contributed by atoms with Gasteiger partial charge in [0.15, 0.2) is 0 Å². The molecule has 1 aliphatic heterocycles. The number of nitrogens with zero attached hydrogens (tertiary/aromatic N) is 3. The van der Waals surface area contributed by atoms with Crippen molar-refractivity contribution < 1.29 is 0 Å². The Labute approximate surface area is 115 Å². The van der Waals surface area contributed by atoms with Crippen LogP contribution in [0.15, 0.2) is 41.1 Å². The molecule has 1 aromatic carbocycles. The highest BCUT2D eigenvalue weighted by atomic mass is 79.9. The molecule has 0 bridgehead atoms. The molecule has 1 unspecified atom stereocenters. The molecule has 0 fully saturated rings. The fourth-order valence-electron chi connectivity index (χ4n) is 2.50. The SMILES string of the molecule is CC1c2ccccc2CCN1c1ncc(Br)cn1. The lowest BCUT2D eigenvalue weighted by atomic mass is 9.94. The normalized spacial score (nSPS) is 18.6. The first-order valence-corrected chi connectivity index (χ1v) is 6.87. The molecule has 18 heavy (non-hydrogen) atoms. The van der Waals surface area contributed by atoms with Gasteiger partial charge in [0.1, 0.15) is 0 Å². The van der Waals surface area contributed by atoms with Crippen molar-refractivity contribution in [2.45, 2.75) is 19.4 Å². The van der Waals surface area contributed by atoms with Crippen LogP contribution in [0.25, 0.3) is 0 Å². The Morgan fingerprint density at radius 1 is 1.22 bits per heavy atom.